The van der Waals surface area contributed by atoms with Crippen LogP contribution in [0.5, 0.6) is 0 Å². The summed E-state index contributed by atoms with van der Waals surface area (Å²) in [6.45, 7) is 1.16. The Bertz CT molecular complexity index is 1000. The van der Waals surface area contributed by atoms with Crippen LogP contribution in [0.25, 0.3) is 11.3 Å². The zero-order valence-electron chi connectivity index (χ0n) is 14.1. The van der Waals surface area contributed by atoms with Gasteiger partial charge in [0.15, 0.2) is 5.13 Å². The van der Waals surface area contributed by atoms with E-state index in [4.69, 9.17) is 0 Å². The summed E-state index contributed by atoms with van der Waals surface area (Å²) in [5.41, 5.74) is 3.82. The van der Waals surface area contributed by atoms with Crippen molar-refractivity contribution in [1.29, 1.82) is 0 Å². The van der Waals surface area contributed by atoms with Gasteiger partial charge in [-0.05, 0) is 24.1 Å². The van der Waals surface area contributed by atoms with Crippen LogP contribution >= 0.6 is 11.3 Å². The van der Waals surface area contributed by atoms with Gasteiger partial charge in [0, 0.05) is 24.0 Å². The van der Waals surface area contributed by atoms with E-state index in [1.165, 1.54) is 4.31 Å². The molecule has 1 aliphatic heterocycles. The molecule has 0 unspecified atom stereocenters. The van der Waals surface area contributed by atoms with Crippen molar-refractivity contribution >= 4 is 32.2 Å². The van der Waals surface area contributed by atoms with Crippen LogP contribution in [0.1, 0.15) is 12.0 Å². The van der Waals surface area contributed by atoms with Gasteiger partial charge in [0.1, 0.15) is 0 Å². The van der Waals surface area contributed by atoms with E-state index in [1.54, 1.807) is 11.3 Å². The Morgan fingerprint density at radius 2 is 1.96 bits per heavy atom. The van der Waals surface area contributed by atoms with E-state index in [-0.39, 0.29) is 5.75 Å². The molecule has 0 aliphatic carbocycles. The number of thiazole rings is 1. The molecule has 134 valence electrons. The number of rotatable bonds is 5. The minimum Gasteiger partial charge on any atom is -0.357 e. The SMILES string of the molecule is O=S1(=O)CCCN1c1cccc(CNc2nc(-c3ccccc3)cs2)c1. The van der Waals surface area contributed by atoms with Crippen molar-refractivity contribution in [3.8, 4) is 11.3 Å². The van der Waals surface area contributed by atoms with Gasteiger partial charge >= 0.3 is 0 Å². The summed E-state index contributed by atoms with van der Waals surface area (Å²) in [5.74, 6) is 0.233. The van der Waals surface area contributed by atoms with E-state index in [0.29, 0.717) is 19.5 Å². The summed E-state index contributed by atoms with van der Waals surface area (Å²) in [5, 5.41) is 6.21. The molecule has 7 heteroatoms. The first-order valence-electron chi connectivity index (χ1n) is 8.46. The van der Waals surface area contributed by atoms with Crippen LogP contribution in [-0.2, 0) is 16.6 Å². The second kappa shape index (κ2) is 7.09. The van der Waals surface area contributed by atoms with Gasteiger partial charge in [-0.1, -0.05) is 42.5 Å². The molecule has 5 nitrogen and oxygen atoms in total. The maximum absolute atomic E-state index is 12.1. The Balaban J connectivity index is 1.46. The van der Waals surface area contributed by atoms with Gasteiger partial charge in [0.25, 0.3) is 0 Å². The van der Waals surface area contributed by atoms with Gasteiger partial charge in [0.05, 0.1) is 17.1 Å². The van der Waals surface area contributed by atoms with Gasteiger partial charge in [-0.3, -0.25) is 4.31 Å². The Kier molecular flexibility index (Phi) is 4.65. The van der Waals surface area contributed by atoms with Crippen LogP contribution < -0.4 is 9.62 Å². The molecule has 26 heavy (non-hydrogen) atoms. The molecule has 3 aromatic rings. The van der Waals surface area contributed by atoms with Gasteiger partial charge < -0.3 is 5.32 Å². The summed E-state index contributed by atoms with van der Waals surface area (Å²) in [6.07, 6.45) is 0.687. The highest BCUT2D eigenvalue weighted by molar-refractivity contribution is 7.93. The topological polar surface area (TPSA) is 62.3 Å². The van der Waals surface area contributed by atoms with Crippen molar-refractivity contribution in [3.05, 3.63) is 65.5 Å². The predicted molar refractivity (Wildman–Crippen MR) is 107 cm³/mol. The molecule has 1 aliphatic rings. The number of aromatic nitrogens is 1. The van der Waals surface area contributed by atoms with E-state index >= 15 is 0 Å². The largest absolute Gasteiger partial charge is 0.357 e. The number of nitrogens with one attached hydrogen (secondary N) is 1. The summed E-state index contributed by atoms with van der Waals surface area (Å²) >= 11 is 1.56. The number of anilines is 2. The van der Waals surface area contributed by atoms with Crippen LogP contribution in [-0.4, -0.2) is 25.7 Å². The zero-order valence-corrected chi connectivity index (χ0v) is 15.8. The normalized spacial score (nSPS) is 15.9. The van der Waals surface area contributed by atoms with Crippen molar-refractivity contribution in [2.45, 2.75) is 13.0 Å². The van der Waals surface area contributed by atoms with Crippen molar-refractivity contribution < 1.29 is 8.42 Å². The van der Waals surface area contributed by atoms with Crippen LogP contribution in [0.2, 0.25) is 0 Å². The third-order valence-corrected chi connectivity index (χ3v) is 6.98. The van der Waals surface area contributed by atoms with Crippen molar-refractivity contribution in [3.63, 3.8) is 0 Å². The van der Waals surface area contributed by atoms with E-state index in [2.05, 4.69) is 10.3 Å². The second-order valence-electron chi connectivity index (χ2n) is 6.17. The number of hydrogen-bond acceptors (Lipinski definition) is 5. The molecule has 1 saturated heterocycles. The van der Waals surface area contributed by atoms with Crippen LogP contribution in [0.3, 0.4) is 0 Å². The molecule has 0 amide bonds. The van der Waals surface area contributed by atoms with E-state index < -0.39 is 10.0 Å². The predicted octanol–water partition coefficient (Wildman–Crippen LogP) is 3.96. The molecule has 2 aromatic carbocycles. The van der Waals surface area contributed by atoms with Crippen molar-refractivity contribution in [2.75, 3.05) is 21.9 Å². The first kappa shape index (κ1) is 17.1. The molecule has 1 aromatic heterocycles. The smallest absolute Gasteiger partial charge is 0.235 e. The van der Waals surface area contributed by atoms with Crippen molar-refractivity contribution in [2.24, 2.45) is 0 Å². The lowest BCUT2D eigenvalue weighted by Gasteiger charge is -2.17. The molecule has 0 saturated carbocycles. The highest BCUT2D eigenvalue weighted by Gasteiger charge is 2.28. The zero-order chi connectivity index (χ0) is 18.0. The summed E-state index contributed by atoms with van der Waals surface area (Å²) in [4.78, 5) is 4.62. The van der Waals surface area contributed by atoms with E-state index in [0.717, 1.165) is 27.6 Å². The Morgan fingerprint density at radius 3 is 2.73 bits per heavy atom. The molecule has 2 heterocycles. The number of benzene rings is 2. The first-order chi connectivity index (χ1) is 12.6. The number of hydrogen-bond donors (Lipinski definition) is 1. The fourth-order valence-corrected chi connectivity index (χ4v) is 5.30. The highest BCUT2D eigenvalue weighted by Crippen LogP contribution is 2.27. The summed E-state index contributed by atoms with van der Waals surface area (Å²) in [6, 6.07) is 17.7. The Morgan fingerprint density at radius 1 is 1.12 bits per heavy atom. The average Bonchev–Trinajstić information content (AvgIpc) is 3.27. The van der Waals surface area contributed by atoms with Crippen molar-refractivity contribution in [1.82, 2.24) is 4.98 Å². The fraction of sp³-hybridized carbons (Fsp3) is 0.211. The van der Waals surface area contributed by atoms with Gasteiger partial charge in [-0.15, -0.1) is 11.3 Å². The lowest BCUT2D eigenvalue weighted by molar-refractivity contribution is 0.599. The van der Waals surface area contributed by atoms with Gasteiger partial charge in [-0.25, -0.2) is 13.4 Å². The molecule has 1 N–H and O–H groups in total. The average molecular weight is 386 g/mol. The standard InChI is InChI=1S/C19H19N3O2S2/c23-26(24)11-5-10-22(26)17-9-4-6-15(12-17)13-20-19-21-18(14-25-19)16-7-2-1-3-8-16/h1-4,6-9,12,14H,5,10-11,13H2,(H,20,21). The first-order valence-corrected chi connectivity index (χ1v) is 10.9. The lowest BCUT2D eigenvalue weighted by Crippen LogP contribution is -2.25. The van der Waals surface area contributed by atoms with Gasteiger partial charge in [0.2, 0.25) is 10.0 Å². The highest BCUT2D eigenvalue weighted by atomic mass is 32.2. The minimum absolute atomic E-state index is 0.233. The number of sulfonamides is 1. The molecule has 4 rings (SSSR count). The second-order valence-corrected chi connectivity index (χ2v) is 9.04. The molecule has 0 spiro atoms. The van der Waals surface area contributed by atoms with E-state index in [1.807, 2.05) is 60.0 Å². The van der Waals surface area contributed by atoms with Crippen LogP contribution in [0.4, 0.5) is 10.8 Å². The molecule has 0 atom stereocenters. The van der Waals surface area contributed by atoms with Crippen LogP contribution in [0, 0.1) is 0 Å². The molecule has 1 fully saturated rings. The maximum atomic E-state index is 12.1. The summed E-state index contributed by atoms with van der Waals surface area (Å²) in [7, 11) is -3.15. The Labute approximate surface area is 157 Å². The summed E-state index contributed by atoms with van der Waals surface area (Å²) < 4.78 is 25.7. The Hall–Kier alpha value is -2.38. The maximum Gasteiger partial charge on any atom is 0.235 e. The number of nitrogens with zero attached hydrogens (tertiary/aromatic N) is 2. The monoisotopic (exact) mass is 385 g/mol. The molecular weight excluding hydrogens is 366 g/mol. The van der Waals surface area contributed by atoms with Gasteiger partial charge in [-0.2, -0.15) is 0 Å². The fourth-order valence-electron chi connectivity index (χ4n) is 3.03. The third-order valence-electron chi connectivity index (χ3n) is 4.32. The molecular formula is C19H19N3O2S2. The quantitative estimate of drug-likeness (QED) is 0.722. The van der Waals surface area contributed by atoms with Crippen LogP contribution in [0.15, 0.2) is 60.0 Å². The molecule has 0 bridgehead atoms. The minimum atomic E-state index is -3.15. The van der Waals surface area contributed by atoms with E-state index in [9.17, 15) is 8.42 Å². The third kappa shape index (κ3) is 3.59. The molecule has 0 radical (unpaired) electrons. The lowest BCUT2D eigenvalue weighted by atomic mass is 10.2.